The van der Waals surface area contributed by atoms with Gasteiger partial charge in [0.1, 0.15) is 5.82 Å². The molecule has 40 heavy (non-hydrogen) atoms. The van der Waals surface area contributed by atoms with Gasteiger partial charge in [-0.25, -0.2) is 4.39 Å². The average molecular weight is 535 g/mol. The van der Waals surface area contributed by atoms with Crippen LogP contribution in [0.3, 0.4) is 0 Å². The molecule has 7 heteroatoms. The highest BCUT2D eigenvalue weighted by atomic mass is 19.1. The largest absolute Gasteiger partial charge is 0.354 e. The van der Waals surface area contributed by atoms with Crippen LogP contribution in [0.15, 0.2) is 97.1 Å². The monoisotopic (exact) mass is 534 g/mol. The summed E-state index contributed by atoms with van der Waals surface area (Å²) in [5, 5.41) is 9.20. The molecule has 2 amide bonds. The predicted molar refractivity (Wildman–Crippen MR) is 158 cm³/mol. The summed E-state index contributed by atoms with van der Waals surface area (Å²) in [4.78, 5) is 27.6. The van der Waals surface area contributed by atoms with E-state index in [0.29, 0.717) is 35.5 Å². The standard InChI is InChI=1S/C33H31FN4O2/c1-38(2)21-24-10-15-27(16-11-24)36-32(31-28-17-14-26(34)19-29(28)37-33(31)40)25-12-8-23(9-13-25)20-35-30(39)18-22-6-4-3-5-7-22/h3-17,19,36H,18,20-21H2,1-2H3,(H,35,39)(H,37,40)/b32-31-. The lowest BCUT2D eigenvalue weighted by atomic mass is 9.99. The summed E-state index contributed by atoms with van der Waals surface area (Å²) in [6, 6.07) is 29.7. The average Bonchev–Trinajstić information content (AvgIpc) is 3.26. The number of carbonyl (C=O) groups is 2. The Kier molecular flexibility index (Phi) is 8.03. The van der Waals surface area contributed by atoms with E-state index < -0.39 is 5.82 Å². The third-order valence-corrected chi connectivity index (χ3v) is 6.64. The number of hydrogen-bond donors (Lipinski definition) is 3. The summed E-state index contributed by atoms with van der Waals surface area (Å²) in [7, 11) is 4.04. The van der Waals surface area contributed by atoms with Crippen LogP contribution in [-0.4, -0.2) is 30.8 Å². The third kappa shape index (κ3) is 6.45. The van der Waals surface area contributed by atoms with Gasteiger partial charge in [0.15, 0.2) is 0 Å². The number of hydrogen-bond acceptors (Lipinski definition) is 4. The first-order valence-corrected chi connectivity index (χ1v) is 13.1. The van der Waals surface area contributed by atoms with E-state index in [1.54, 1.807) is 6.07 Å². The molecule has 1 heterocycles. The topological polar surface area (TPSA) is 73.5 Å². The van der Waals surface area contributed by atoms with Gasteiger partial charge < -0.3 is 20.9 Å². The Balaban J connectivity index is 1.40. The van der Waals surface area contributed by atoms with Crippen molar-refractivity contribution in [2.45, 2.75) is 19.5 Å². The molecule has 0 fully saturated rings. The minimum absolute atomic E-state index is 0.0519. The Morgan fingerprint density at radius 2 is 1.55 bits per heavy atom. The number of amides is 2. The molecule has 0 radical (unpaired) electrons. The number of carbonyl (C=O) groups excluding carboxylic acids is 2. The minimum atomic E-state index is -0.412. The Hall–Kier alpha value is -4.75. The van der Waals surface area contributed by atoms with Crippen molar-refractivity contribution < 1.29 is 14.0 Å². The van der Waals surface area contributed by atoms with Gasteiger partial charge in [-0.15, -0.1) is 0 Å². The van der Waals surface area contributed by atoms with Gasteiger partial charge in [0.05, 0.1) is 23.4 Å². The van der Waals surface area contributed by atoms with E-state index in [1.807, 2.05) is 93.0 Å². The first-order valence-electron chi connectivity index (χ1n) is 13.1. The highest BCUT2D eigenvalue weighted by molar-refractivity contribution is 6.37. The lowest BCUT2D eigenvalue weighted by Crippen LogP contribution is -2.24. The number of nitrogens with one attached hydrogen (secondary N) is 3. The van der Waals surface area contributed by atoms with Crippen molar-refractivity contribution in [1.29, 1.82) is 0 Å². The van der Waals surface area contributed by atoms with E-state index in [0.717, 1.165) is 28.9 Å². The van der Waals surface area contributed by atoms with E-state index in [-0.39, 0.29) is 11.8 Å². The Morgan fingerprint density at radius 3 is 2.25 bits per heavy atom. The summed E-state index contributed by atoms with van der Waals surface area (Å²) < 4.78 is 13.9. The Labute approximate surface area is 233 Å². The summed E-state index contributed by atoms with van der Waals surface area (Å²) in [6.45, 7) is 1.21. The minimum Gasteiger partial charge on any atom is -0.354 e. The zero-order valence-corrected chi connectivity index (χ0v) is 22.5. The molecule has 4 aromatic carbocycles. The van der Waals surface area contributed by atoms with Gasteiger partial charge >= 0.3 is 0 Å². The molecule has 0 bridgehead atoms. The molecule has 1 aliphatic rings. The fourth-order valence-electron chi connectivity index (χ4n) is 4.71. The molecule has 4 aromatic rings. The zero-order valence-electron chi connectivity index (χ0n) is 22.5. The van der Waals surface area contributed by atoms with Crippen LogP contribution in [-0.2, 0) is 29.1 Å². The highest BCUT2D eigenvalue weighted by Gasteiger charge is 2.29. The molecule has 0 atom stereocenters. The van der Waals surface area contributed by atoms with Crippen molar-refractivity contribution >= 4 is 34.5 Å². The van der Waals surface area contributed by atoms with Gasteiger partial charge in [-0.1, -0.05) is 66.7 Å². The summed E-state index contributed by atoms with van der Waals surface area (Å²) in [5.74, 6) is -0.765. The normalized spacial score (nSPS) is 13.6. The Morgan fingerprint density at radius 1 is 0.850 bits per heavy atom. The Bertz CT molecular complexity index is 1550. The van der Waals surface area contributed by atoms with Gasteiger partial charge in [-0.05, 0) is 66.7 Å². The van der Waals surface area contributed by atoms with Crippen LogP contribution in [0.1, 0.15) is 27.8 Å². The van der Waals surface area contributed by atoms with Crippen LogP contribution >= 0.6 is 0 Å². The molecule has 0 saturated carbocycles. The van der Waals surface area contributed by atoms with Crippen molar-refractivity contribution in [3.05, 3.63) is 131 Å². The smallest absolute Gasteiger partial charge is 0.258 e. The highest BCUT2D eigenvalue weighted by Crippen LogP contribution is 2.38. The fraction of sp³-hybridized carbons (Fsp3) is 0.152. The predicted octanol–water partition coefficient (Wildman–Crippen LogP) is 5.68. The van der Waals surface area contributed by atoms with Crippen LogP contribution in [0.2, 0.25) is 0 Å². The molecule has 0 aromatic heterocycles. The van der Waals surface area contributed by atoms with Gasteiger partial charge in [-0.3, -0.25) is 9.59 Å². The van der Waals surface area contributed by atoms with Gasteiger partial charge in [-0.2, -0.15) is 0 Å². The van der Waals surface area contributed by atoms with E-state index in [1.165, 1.54) is 17.7 Å². The lowest BCUT2D eigenvalue weighted by molar-refractivity contribution is -0.120. The van der Waals surface area contributed by atoms with Gasteiger partial charge in [0.2, 0.25) is 5.91 Å². The maximum atomic E-state index is 13.9. The van der Waals surface area contributed by atoms with Crippen molar-refractivity contribution in [1.82, 2.24) is 10.2 Å². The van der Waals surface area contributed by atoms with E-state index in [2.05, 4.69) is 20.9 Å². The molecule has 0 saturated heterocycles. The zero-order chi connectivity index (χ0) is 28.1. The maximum absolute atomic E-state index is 13.9. The first kappa shape index (κ1) is 26.8. The summed E-state index contributed by atoms with van der Waals surface area (Å²) in [6.07, 6.45) is 0.321. The SMILES string of the molecule is CN(C)Cc1ccc(N/C(=C2\C(=O)Nc3cc(F)ccc32)c2ccc(CNC(=O)Cc3ccccc3)cc2)cc1. The van der Waals surface area contributed by atoms with Crippen LogP contribution in [0, 0.1) is 5.82 Å². The van der Waals surface area contributed by atoms with Crippen molar-refractivity contribution in [3.8, 4) is 0 Å². The summed E-state index contributed by atoms with van der Waals surface area (Å²) in [5.41, 5.74) is 6.81. The van der Waals surface area contributed by atoms with E-state index >= 15 is 0 Å². The molecule has 0 unspecified atom stereocenters. The van der Waals surface area contributed by atoms with Crippen LogP contribution in [0.25, 0.3) is 11.3 Å². The van der Waals surface area contributed by atoms with E-state index in [9.17, 15) is 14.0 Å². The maximum Gasteiger partial charge on any atom is 0.258 e. The van der Waals surface area contributed by atoms with Crippen molar-refractivity contribution in [2.24, 2.45) is 0 Å². The van der Waals surface area contributed by atoms with Crippen LogP contribution in [0.4, 0.5) is 15.8 Å². The number of fused-ring (bicyclic) bond motifs is 1. The molecular weight excluding hydrogens is 503 g/mol. The molecule has 202 valence electrons. The quantitative estimate of drug-likeness (QED) is 0.242. The van der Waals surface area contributed by atoms with Crippen molar-refractivity contribution in [2.75, 3.05) is 24.7 Å². The second kappa shape index (κ2) is 12.0. The number of halogens is 1. The lowest BCUT2D eigenvalue weighted by Gasteiger charge is -2.16. The van der Waals surface area contributed by atoms with Crippen molar-refractivity contribution in [3.63, 3.8) is 0 Å². The second-order valence-corrected chi connectivity index (χ2v) is 10.1. The third-order valence-electron chi connectivity index (χ3n) is 6.64. The van der Waals surface area contributed by atoms with Gasteiger partial charge in [0, 0.05) is 24.3 Å². The van der Waals surface area contributed by atoms with Gasteiger partial charge in [0.25, 0.3) is 5.91 Å². The van der Waals surface area contributed by atoms with Crippen LogP contribution < -0.4 is 16.0 Å². The molecule has 1 aliphatic heterocycles. The molecule has 0 spiro atoms. The molecule has 5 rings (SSSR count). The molecular formula is C33H31FN4O2. The molecule has 0 aliphatic carbocycles. The summed E-state index contributed by atoms with van der Waals surface area (Å²) >= 11 is 0. The number of rotatable bonds is 9. The van der Waals surface area contributed by atoms with Crippen LogP contribution in [0.5, 0.6) is 0 Å². The fourth-order valence-corrected chi connectivity index (χ4v) is 4.71. The second-order valence-electron chi connectivity index (χ2n) is 10.1. The number of benzene rings is 4. The van der Waals surface area contributed by atoms with E-state index in [4.69, 9.17) is 0 Å². The first-order chi connectivity index (χ1) is 19.4. The number of anilines is 2. The molecule has 3 N–H and O–H groups in total. The molecule has 6 nitrogen and oxygen atoms in total. The number of nitrogens with zero attached hydrogens (tertiary/aromatic N) is 1.